The maximum absolute atomic E-state index is 12.9. The number of hydrogen-bond donors (Lipinski definition) is 1. The summed E-state index contributed by atoms with van der Waals surface area (Å²) in [5.74, 6) is -0.0546. The second-order valence-corrected chi connectivity index (χ2v) is 8.45. The maximum Gasteiger partial charge on any atom is 0.262 e. The van der Waals surface area contributed by atoms with E-state index in [1.807, 2.05) is 50.1 Å². The molecule has 1 N–H and O–H groups in total. The summed E-state index contributed by atoms with van der Waals surface area (Å²) < 4.78 is 7.95. The van der Waals surface area contributed by atoms with Crippen molar-refractivity contribution in [2.45, 2.75) is 32.5 Å². The van der Waals surface area contributed by atoms with E-state index in [4.69, 9.17) is 4.74 Å². The first-order valence-corrected chi connectivity index (χ1v) is 10.3. The first-order chi connectivity index (χ1) is 13.5. The monoisotopic (exact) mass is 399 g/mol. The average molecular weight is 400 g/mol. The number of morpholine rings is 1. The molecule has 0 aliphatic carbocycles. The van der Waals surface area contributed by atoms with Crippen LogP contribution in [0.4, 0.5) is 0 Å². The lowest BCUT2D eigenvalue weighted by molar-refractivity contribution is -0.0323. The van der Waals surface area contributed by atoms with E-state index in [9.17, 15) is 4.79 Å². The number of nitrogens with zero attached hydrogens (tertiary/aromatic N) is 4. The number of fused-ring (bicyclic) bond motifs is 1. The second-order valence-electron chi connectivity index (χ2n) is 7.45. The van der Waals surface area contributed by atoms with Gasteiger partial charge >= 0.3 is 0 Å². The molecule has 7 nitrogen and oxygen atoms in total. The van der Waals surface area contributed by atoms with Crippen LogP contribution >= 0.6 is 11.3 Å². The van der Waals surface area contributed by atoms with E-state index in [-0.39, 0.29) is 18.1 Å². The molecule has 0 saturated carbocycles. The summed E-state index contributed by atoms with van der Waals surface area (Å²) in [5, 5.41) is 8.28. The Bertz CT molecular complexity index is 980. The Morgan fingerprint density at radius 3 is 3.07 bits per heavy atom. The molecular weight excluding hydrogens is 374 g/mol. The van der Waals surface area contributed by atoms with Crippen LogP contribution in [0.25, 0.3) is 10.2 Å². The predicted octanol–water partition coefficient (Wildman–Crippen LogP) is 2.74. The summed E-state index contributed by atoms with van der Waals surface area (Å²) in [6, 6.07) is 4.02. The topological polar surface area (TPSA) is 72.3 Å². The van der Waals surface area contributed by atoms with Crippen LogP contribution in [-0.4, -0.2) is 51.3 Å². The fraction of sp³-hybridized carbons (Fsp3) is 0.450. The third-order valence-electron chi connectivity index (χ3n) is 4.77. The van der Waals surface area contributed by atoms with Gasteiger partial charge in [-0.1, -0.05) is 6.07 Å². The van der Waals surface area contributed by atoms with Crippen LogP contribution in [0.5, 0.6) is 0 Å². The number of aromatic nitrogens is 3. The number of aryl methyl sites for hydroxylation is 1. The Kier molecular flexibility index (Phi) is 5.43. The highest BCUT2D eigenvalue weighted by atomic mass is 32.1. The van der Waals surface area contributed by atoms with Gasteiger partial charge in [0, 0.05) is 61.6 Å². The number of rotatable bonds is 5. The van der Waals surface area contributed by atoms with E-state index in [0.29, 0.717) is 11.5 Å². The molecule has 1 atom stereocenters. The highest BCUT2D eigenvalue weighted by Gasteiger charge is 2.30. The average Bonchev–Trinajstić information content (AvgIpc) is 3.24. The molecular formula is C20H25N5O2S. The molecule has 0 bridgehead atoms. The predicted molar refractivity (Wildman–Crippen MR) is 109 cm³/mol. The molecule has 4 rings (SSSR count). The highest BCUT2D eigenvalue weighted by Crippen LogP contribution is 2.37. The third-order valence-corrected chi connectivity index (χ3v) is 5.90. The van der Waals surface area contributed by atoms with E-state index >= 15 is 0 Å². The van der Waals surface area contributed by atoms with Gasteiger partial charge in [-0.05, 0) is 19.9 Å². The fourth-order valence-corrected chi connectivity index (χ4v) is 4.70. The zero-order valence-corrected chi connectivity index (χ0v) is 17.2. The molecule has 8 heteroatoms. The van der Waals surface area contributed by atoms with Gasteiger partial charge in [0.1, 0.15) is 9.71 Å². The summed E-state index contributed by atoms with van der Waals surface area (Å²) in [6.07, 6.45) is 5.55. The van der Waals surface area contributed by atoms with E-state index in [2.05, 4.69) is 20.3 Å². The van der Waals surface area contributed by atoms with Gasteiger partial charge in [0.15, 0.2) is 0 Å². The summed E-state index contributed by atoms with van der Waals surface area (Å²) >= 11 is 1.44. The summed E-state index contributed by atoms with van der Waals surface area (Å²) in [4.78, 5) is 21.3. The van der Waals surface area contributed by atoms with Crippen molar-refractivity contribution >= 4 is 27.5 Å². The van der Waals surface area contributed by atoms with Crippen molar-refractivity contribution in [2.24, 2.45) is 7.05 Å². The highest BCUT2D eigenvalue weighted by molar-refractivity contribution is 7.20. The minimum Gasteiger partial charge on any atom is -0.371 e. The van der Waals surface area contributed by atoms with Gasteiger partial charge in [-0.15, -0.1) is 11.3 Å². The van der Waals surface area contributed by atoms with Gasteiger partial charge in [0.05, 0.1) is 18.9 Å². The van der Waals surface area contributed by atoms with Crippen molar-refractivity contribution in [3.8, 4) is 0 Å². The van der Waals surface area contributed by atoms with Crippen LogP contribution in [0.3, 0.4) is 0 Å². The first kappa shape index (κ1) is 19.0. The van der Waals surface area contributed by atoms with Gasteiger partial charge in [-0.3, -0.25) is 14.4 Å². The van der Waals surface area contributed by atoms with E-state index in [1.54, 1.807) is 6.20 Å². The largest absolute Gasteiger partial charge is 0.371 e. The van der Waals surface area contributed by atoms with E-state index < -0.39 is 0 Å². The molecule has 0 spiro atoms. The van der Waals surface area contributed by atoms with Crippen molar-refractivity contribution in [1.29, 1.82) is 0 Å². The zero-order valence-electron chi connectivity index (χ0n) is 16.4. The number of nitrogens with one attached hydrogen (secondary N) is 1. The molecule has 1 aliphatic rings. The Morgan fingerprint density at radius 1 is 1.46 bits per heavy atom. The zero-order chi connectivity index (χ0) is 19.7. The van der Waals surface area contributed by atoms with Crippen molar-refractivity contribution < 1.29 is 9.53 Å². The quantitative estimate of drug-likeness (QED) is 0.714. The molecule has 0 aromatic carbocycles. The van der Waals surface area contributed by atoms with Crippen LogP contribution < -0.4 is 5.32 Å². The molecule has 0 unspecified atom stereocenters. The number of thiophene rings is 1. The van der Waals surface area contributed by atoms with Crippen molar-refractivity contribution in [1.82, 2.24) is 25.0 Å². The molecule has 1 aliphatic heterocycles. The second kappa shape index (κ2) is 7.98. The van der Waals surface area contributed by atoms with Crippen molar-refractivity contribution in [2.75, 3.05) is 19.7 Å². The lowest BCUT2D eigenvalue weighted by atomic mass is 10.0. The number of carbonyl (C=O) groups excluding carboxylic acids is 1. The number of carbonyl (C=O) groups is 1. The van der Waals surface area contributed by atoms with Crippen LogP contribution in [-0.2, 0) is 18.3 Å². The van der Waals surface area contributed by atoms with E-state index in [0.717, 1.165) is 35.4 Å². The lowest BCUT2D eigenvalue weighted by Crippen LogP contribution is -2.38. The van der Waals surface area contributed by atoms with E-state index in [1.165, 1.54) is 16.9 Å². The maximum atomic E-state index is 12.9. The van der Waals surface area contributed by atoms with Gasteiger partial charge in [0.25, 0.3) is 5.91 Å². The lowest BCUT2D eigenvalue weighted by Gasteiger charge is -2.33. The number of hydrogen-bond acceptors (Lipinski definition) is 6. The Labute approximate surface area is 168 Å². The molecule has 1 saturated heterocycles. The Hall–Kier alpha value is -2.29. The van der Waals surface area contributed by atoms with Crippen LogP contribution in [0.2, 0.25) is 0 Å². The standard InChI is InChI=1S/C20H25N5O2S/c1-13(2)23-19(26)18-17(15-5-4-6-21-20(15)28-18)16-12-25(7-8-27-16)11-14-9-22-24(3)10-14/h4-6,9-10,13,16H,7-8,11-12H2,1-3H3,(H,23,26)/t16-/m0/s1. The molecule has 1 fully saturated rings. The molecule has 148 valence electrons. The molecule has 3 aromatic rings. The third kappa shape index (κ3) is 3.94. The van der Waals surface area contributed by atoms with Crippen LogP contribution in [0.1, 0.15) is 40.8 Å². The molecule has 1 amide bonds. The number of amides is 1. The van der Waals surface area contributed by atoms with Gasteiger partial charge in [-0.2, -0.15) is 5.10 Å². The Morgan fingerprint density at radius 2 is 2.32 bits per heavy atom. The van der Waals surface area contributed by atoms with Crippen LogP contribution in [0, 0.1) is 0 Å². The number of pyridine rings is 1. The number of ether oxygens (including phenoxy) is 1. The molecule has 4 heterocycles. The smallest absolute Gasteiger partial charge is 0.262 e. The van der Waals surface area contributed by atoms with Gasteiger partial charge in [-0.25, -0.2) is 4.98 Å². The van der Waals surface area contributed by atoms with Gasteiger partial charge in [0.2, 0.25) is 0 Å². The minimum atomic E-state index is -0.156. The fourth-order valence-electron chi connectivity index (χ4n) is 3.60. The molecule has 28 heavy (non-hydrogen) atoms. The Balaban J connectivity index is 1.64. The van der Waals surface area contributed by atoms with Gasteiger partial charge < -0.3 is 10.1 Å². The summed E-state index contributed by atoms with van der Waals surface area (Å²) in [6.45, 7) is 6.98. The van der Waals surface area contributed by atoms with Crippen LogP contribution in [0.15, 0.2) is 30.7 Å². The summed E-state index contributed by atoms with van der Waals surface area (Å²) in [7, 11) is 1.93. The summed E-state index contributed by atoms with van der Waals surface area (Å²) in [5.41, 5.74) is 2.14. The van der Waals surface area contributed by atoms with Crippen molar-refractivity contribution in [3.63, 3.8) is 0 Å². The first-order valence-electron chi connectivity index (χ1n) is 9.51. The normalized spacial score (nSPS) is 18.1. The minimum absolute atomic E-state index is 0.0546. The molecule has 3 aromatic heterocycles. The van der Waals surface area contributed by atoms with Crippen molar-refractivity contribution in [3.05, 3.63) is 46.7 Å². The molecule has 0 radical (unpaired) electrons. The SMILES string of the molecule is CC(C)NC(=O)c1sc2ncccc2c1[C@@H]1CN(Cc2cnn(C)c2)CCO1.